The van der Waals surface area contributed by atoms with E-state index < -0.39 is 0 Å². The van der Waals surface area contributed by atoms with Gasteiger partial charge in [-0.25, -0.2) is 0 Å². The Morgan fingerprint density at radius 3 is 2.57 bits per heavy atom. The zero-order chi connectivity index (χ0) is 25.4. The van der Waals surface area contributed by atoms with Gasteiger partial charge in [-0.2, -0.15) is 0 Å². The molecule has 3 rings (SSSR count). The molecule has 35 heavy (non-hydrogen) atoms. The van der Waals surface area contributed by atoms with Crippen LogP contribution in [0.1, 0.15) is 49.5 Å². The number of methoxy groups -OCH3 is 1. The molecule has 0 unspecified atom stereocenters. The minimum atomic E-state index is -0.157. The fraction of sp³-hybridized carbons (Fsp3) is 0.500. The largest absolute Gasteiger partial charge is 0.491 e. The van der Waals surface area contributed by atoms with Gasteiger partial charge in [0.05, 0.1) is 11.7 Å². The lowest BCUT2D eigenvalue weighted by molar-refractivity contribution is -0.116. The van der Waals surface area contributed by atoms with E-state index in [1.54, 1.807) is 37.3 Å². The van der Waals surface area contributed by atoms with Crippen LogP contribution in [0.15, 0.2) is 48.5 Å². The van der Waals surface area contributed by atoms with Crippen molar-refractivity contribution in [1.29, 1.82) is 0 Å². The minimum Gasteiger partial charge on any atom is -0.491 e. The summed E-state index contributed by atoms with van der Waals surface area (Å²) in [6.07, 6.45) is 1.07. The molecule has 0 radical (unpaired) electrons. The van der Waals surface area contributed by atoms with Gasteiger partial charge in [0.25, 0.3) is 5.91 Å². The van der Waals surface area contributed by atoms with Gasteiger partial charge in [0, 0.05) is 51.9 Å². The van der Waals surface area contributed by atoms with E-state index in [2.05, 4.69) is 48.3 Å². The number of nitrogens with one attached hydrogen (secondary N) is 1. The first-order chi connectivity index (χ1) is 16.8. The van der Waals surface area contributed by atoms with Crippen LogP contribution in [0, 0.1) is 5.92 Å². The maximum absolute atomic E-state index is 13.4. The number of fused-ring (bicyclic) bond motifs is 1. The van der Waals surface area contributed by atoms with E-state index in [1.807, 2.05) is 13.0 Å². The lowest BCUT2D eigenvalue weighted by Gasteiger charge is -2.36. The highest BCUT2D eigenvalue weighted by molar-refractivity contribution is 5.99. The molecule has 0 aromatic heterocycles. The molecule has 1 aliphatic heterocycles. The molecule has 1 aliphatic rings. The van der Waals surface area contributed by atoms with Gasteiger partial charge < -0.3 is 19.7 Å². The van der Waals surface area contributed by atoms with Gasteiger partial charge in [-0.1, -0.05) is 44.2 Å². The third-order valence-electron chi connectivity index (χ3n) is 6.56. The van der Waals surface area contributed by atoms with Crippen molar-refractivity contribution in [1.82, 2.24) is 9.80 Å². The molecule has 0 saturated heterocycles. The second kappa shape index (κ2) is 12.7. The summed E-state index contributed by atoms with van der Waals surface area (Å²) in [5.41, 5.74) is 2.27. The molecular weight excluding hydrogens is 442 g/mol. The number of benzene rings is 2. The van der Waals surface area contributed by atoms with Gasteiger partial charge in [-0.05, 0) is 43.0 Å². The molecule has 190 valence electrons. The van der Waals surface area contributed by atoms with Gasteiger partial charge in [-0.3, -0.25) is 14.5 Å². The summed E-state index contributed by atoms with van der Waals surface area (Å²) in [6, 6.07) is 15.8. The van der Waals surface area contributed by atoms with Gasteiger partial charge in [0.1, 0.15) is 12.4 Å². The van der Waals surface area contributed by atoms with Crippen molar-refractivity contribution < 1.29 is 19.1 Å². The monoisotopic (exact) mass is 481 g/mol. The van der Waals surface area contributed by atoms with Gasteiger partial charge >= 0.3 is 0 Å². The van der Waals surface area contributed by atoms with Crippen LogP contribution in [0.3, 0.4) is 0 Å². The van der Waals surface area contributed by atoms with Crippen molar-refractivity contribution in [3.8, 4) is 5.75 Å². The Labute approximate surface area is 209 Å². The fourth-order valence-corrected chi connectivity index (χ4v) is 4.42. The predicted octanol–water partition coefficient (Wildman–Crippen LogP) is 4.43. The van der Waals surface area contributed by atoms with Crippen molar-refractivity contribution in [2.24, 2.45) is 5.92 Å². The Kier molecular flexibility index (Phi) is 9.69. The summed E-state index contributed by atoms with van der Waals surface area (Å²) in [5.74, 6) is 0.486. The number of anilines is 1. The highest BCUT2D eigenvalue weighted by Gasteiger charge is 2.28. The smallest absolute Gasteiger partial charge is 0.257 e. The zero-order valence-electron chi connectivity index (χ0n) is 21.6. The van der Waals surface area contributed by atoms with Crippen LogP contribution >= 0.6 is 0 Å². The van der Waals surface area contributed by atoms with Crippen molar-refractivity contribution in [2.45, 2.75) is 52.3 Å². The molecule has 3 atom stereocenters. The van der Waals surface area contributed by atoms with Crippen LogP contribution < -0.4 is 10.1 Å². The first kappa shape index (κ1) is 26.7. The molecule has 7 nitrogen and oxygen atoms in total. The van der Waals surface area contributed by atoms with E-state index in [9.17, 15) is 9.59 Å². The molecule has 2 aromatic carbocycles. The third kappa shape index (κ3) is 7.29. The molecule has 0 bridgehead atoms. The summed E-state index contributed by atoms with van der Waals surface area (Å²) in [6.45, 7) is 8.78. The molecule has 1 heterocycles. The lowest BCUT2D eigenvalue weighted by Crippen LogP contribution is -2.46. The minimum absolute atomic E-state index is 0.0687. The number of hydrogen-bond donors (Lipinski definition) is 1. The van der Waals surface area contributed by atoms with E-state index in [4.69, 9.17) is 9.47 Å². The molecule has 0 fully saturated rings. The molecule has 2 aromatic rings. The number of carbonyl (C=O) groups excluding carboxylic acids is 2. The molecule has 0 aliphatic carbocycles. The molecule has 2 amide bonds. The van der Waals surface area contributed by atoms with E-state index in [0.29, 0.717) is 36.6 Å². The van der Waals surface area contributed by atoms with Crippen LogP contribution in [-0.2, 0) is 16.1 Å². The quantitative estimate of drug-likeness (QED) is 0.661. The number of nitrogens with zero attached hydrogens (tertiary/aromatic N) is 2. The average Bonchev–Trinajstić information content (AvgIpc) is 2.85. The Hall–Kier alpha value is -2.90. The first-order valence-corrected chi connectivity index (χ1v) is 12.4. The lowest BCUT2D eigenvalue weighted by atomic mass is 10.0. The first-order valence-electron chi connectivity index (χ1n) is 12.4. The predicted molar refractivity (Wildman–Crippen MR) is 139 cm³/mol. The maximum atomic E-state index is 13.4. The van der Waals surface area contributed by atoms with Crippen LogP contribution in [-0.4, -0.2) is 67.6 Å². The zero-order valence-corrected chi connectivity index (χ0v) is 21.6. The molecule has 0 spiro atoms. The topological polar surface area (TPSA) is 71.1 Å². The molecular formula is C28H39N3O4. The summed E-state index contributed by atoms with van der Waals surface area (Å²) in [7, 11) is 3.48. The van der Waals surface area contributed by atoms with E-state index in [-0.39, 0.29) is 29.9 Å². The van der Waals surface area contributed by atoms with Gasteiger partial charge in [0.2, 0.25) is 5.91 Å². The van der Waals surface area contributed by atoms with E-state index >= 15 is 0 Å². The average molecular weight is 482 g/mol. The van der Waals surface area contributed by atoms with Crippen LogP contribution in [0.5, 0.6) is 5.75 Å². The number of rotatable bonds is 6. The number of carbonyl (C=O) groups is 2. The highest BCUT2D eigenvalue weighted by atomic mass is 16.5. The molecule has 0 saturated carbocycles. The third-order valence-corrected chi connectivity index (χ3v) is 6.56. The van der Waals surface area contributed by atoms with E-state index in [0.717, 1.165) is 19.5 Å². The summed E-state index contributed by atoms with van der Waals surface area (Å²) >= 11 is 0. The maximum Gasteiger partial charge on any atom is 0.257 e. The van der Waals surface area contributed by atoms with Crippen molar-refractivity contribution in [3.63, 3.8) is 0 Å². The number of amides is 2. The number of likely N-dealkylation sites (N-methyl/N-ethyl adjacent to an activating group) is 1. The SMILES string of the molecule is CCCC(=O)Nc1ccc2c(c1)C(=O)N(C)C[C@H](OC)[C@H](C)CN(Cc1ccccc1)[C@H](C)CO2. The molecule has 7 heteroatoms. The Morgan fingerprint density at radius 1 is 1.14 bits per heavy atom. The van der Waals surface area contributed by atoms with Crippen LogP contribution in [0.2, 0.25) is 0 Å². The normalized spacial score (nSPS) is 21.9. The van der Waals surface area contributed by atoms with Gasteiger partial charge in [0.15, 0.2) is 0 Å². The number of ether oxygens (including phenoxy) is 2. The van der Waals surface area contributed by atoms with Gasteiger partial charge in [-0.15, -0.1) is 0 Å². The summed E-state index contributed by atoms with van der Waals surface area (Å²) in [5, 5.41) is 2.89. The second-order valence-electron chi connectivity index (χ2n) is 9.52. The fourth-order valence-electron chi connectivity index (χ4n) is 4.42. The second-order valence-corrected chi connectivity index (χ2v) is 9.52. The molecule has 1 N–H and O–H groups in total. The number of hydrogen-bond acceptors (Lipinski definition) is 5. The van der Waals surface area contributed by atoms with Crippen LogP contribution in [0.25, 0.3) is 0 Å². The van der Waals surface area contributed by atoms with E-state index in [1.165, 1.54) is 5.56 Å². The Balaban J connectivity index is 1.92. The van der Waals surface area contributed by atoms with Crippen LogP contribution in [0.4, 0.5) is 5.69 Å². The standard InChI is InChI=1S/C28H39N3O4/c1-6-10-27(32)29-23-13-14-25-24(15-23)28(33)30(4)18-26(34-5)20(2)16-31(21(3)19-35-25)17-22-11-8-7-9-12-22/h7-9,11-15,20-21,26H,6,10,16-19H2,1-5H3,(H,29,32)/t20-,21-,26+/m1/s1. The summed E-state index contributed by atoms with van der Waals surface area (Å²) < 4.78 is 12.1. The van der Waals surface area contributed by atoms with Crippen molar-refractivity contribution >= 4 is 17.5 Å². The Bertz CT molecular complexity index is 981. The van der Waals surface area contributed by atoms with Crippen molar-refractivity contribution in [3.05, 3.63) is 59.7 Å². The highest BCUT2D eigenvalue weighted by Crippen LogP contribution is 2.27. The summed E-state index contributed by atoms with van der Waals surface area (Å²) in [4.78, 5) is 29.6. The Morgan fingerprint density at radius 2 is 1.89 bits per heavy atom. The van der Waals surface area contributed by atoms with Crippen molar-refractivity contribution in [2.75, 3.05) is 39.2 Å².